The summed E-state index contributed by atoms with van der Waals surface area (Å²) >= 11 is 0. The molecule has 1 atom stereocenters. The molecule has 1 aliphatic heterocycles. The van der Waals surface area contributed by atoms with Gasteiger partial charge in [-0.25, -0.2) is 0 Å². The lowest BCUT2D eigenvalue weighted by Crippen LogP contribution is -2.38. The minimum atomic E-state index is -0.174. The minimum absolute atomic E-state index is 0.0109. The van der Waals surface area contributed by atoms with Crippen LogP contribution >= 0.6 is 0 Å². The van der Waals surface area contributed by atoms with Crippen LogP contribution in [0.25, 0.3) is 0 Å². The van der Waals surface area contributed by atoms with Crippen LogP contribution in [0.3, 0.4) is 0 Å². The van der Waals surface area contributed by atoms with Crippen molar-refractivity contribution in [3.05, 3.63) is 53.9 Å². The average molecular weight is 328 g/mol. The van der Waals surface area contributed by atoms with Crippen molar-refractivity contribution in [2.75, 3.05) is 13.2 Å². The summed E-state index contributed by atoms with van der Waals surface area (Å²) in [7, 11) is 0. The molecule has 5 nitrogen and oxygen atoms in total. The predicted molar refractivity (Wildman–Crippen MR) is 91.7 cm³/mol. The van der Waals surface area contributed by atoms with Crippen molar-refractivity contribution < 1.29 is 14.6 Å². The molecule has 0 aliphatic carbocycles. The van der Waals surface area contributed by atoms with E-state index >= 15 is 0 Å². The first-order chi connectivity index (χ1) is 11.7. The van der Waals surface area contributed by atoms with E-state index in [0.29, 0.717) is 19.7 Å². The summed E-state index contributed by atoms with van der Waals surface area (Å²) in [5.74, 6) is 0.925. The van der Waals surface area contributed by atoms with Gasteiger partial charge in [-0.05, 0) is 36.2 Å². The molecule has 3 rings (SSSR count). The highest BCUT2D eigenvalue weighted by molar-refractivity contribution is 5.80. The Hall–Kier alpha value is -2.27. The number of rotatable bonds is 5. The van der Waals surface area contributed by atoms with E-state index in [-0.39, 0.29) is 18.6 Å². The number of ether oxygens (including phenoxy) is 1. The SMILES string of the molecule is CCC[C@@H](C(=O)N1CCOc2ccc(CO)cc2C1)n1cccc1. The summed E-state index contributed by atoms with van der Waals surface area (Å²) < 4.78 is 7.77. The van der Waals surface area contributed by atoms with E-state index in [1.165, 1.54) is 0 Å². The Kier molecular flexibility index (Phi) is 5.20. The van der Waals surface area contributed by atoms with Crippen LogP contribution in [0.4, 0.5) is 0 Å². The maximum atomic E-state index is 13.1. The van der Waals surface area contributed by atoms with Crippen LogP contribution in [0.1, 0.15) is 36.9 Å². The van der Waals surface area contributed by atoms with Crippen LogP contribution in [-0.4, -0.2) is 33.6 Å². The molecule has 24 heavy (non-hydrogen) atoms. The summed E-state index contributed by atoms with van der Waals surface area (Å²) in [5.41, 5.74) is 1.79. The summed E-state index contributed by atoms with van der Waals surface area (Å²) in [4.78, 5) is 15.0. The van der Waals surface area contributed by atoms with Crippen molar-refractivity contribution in [2.24, 2.45) is 0 Å². The summed E-state index contributed by atoms with van der Waals surface area (Å²) in [6.07, 6.45) is 5.66. The number of carbonyl (C=O) groups excluding carboxylic acids is 1. The molecule has 0 radical (unpaired) electrons. The minimum Gasteiger partial charge on any atom is -0.491 e. The van der Waals surface area contributed by atoms with Crippen LogP contribution in [0.5, 0.6) is 5.75 Å². The molecule has 0 bridgehead atoms. The smallest absolute Gasteiger partial charge is 0.246 e. The Morgan fingerprint density at radius 2 is 2.12 bits per heavy atom. The van der Waals surface area contributed by atoms with Crippen molar-refractivity contribution in [1.29, 1.82) is 0 Å². The van der Waals surface area contributed by atoms with Gasteiger partial charge in [-0.2, -0.15) is 0 Å². The van der Waals surface area contributed by atoms with Gasteiger partial charge in [0.25, 0.3) is 0 Å². The molecule has 5 heteroatoms. The van der Waals surface area contributed by atoms with Gasteiger partial charge in [0.1, 0.15) is 18.4 Å². The third-order valence-electron chi connectivity index (χ3n) is 4.43. The fraction of sp³-hybridized carbons (Fsp3) is 0.421. The summed E-state index contributed by atoms with van der Waals surface area (Å²) in [6.45, 7) is 3.66. The van der Waals surface area contributed by atoms with Gasteiger partial charge in [-0.1, -0.05) is 19.4 Å². The summed E-state index contributed by atoms with van der Waals surface area (Å²) in [6, 6.07) is 9.38. The first-order valence-electron chi connectivity index (χ1n) is 8.49. The molecule has 0 unspecified atom stereocenters. The summed E-state index contributed by atoms with van der Waals surface area (Å²) in [5, 5.41) is 9.34. The van der Waals surface area contributed by atoms with Crippen LogP contribution < -0.4 is 4.74 Å². The van der Waals surface area contributed by atoms with Gasteiger partial charge in [0.2, 0.25) is 5.91 Å². The zero-order valence-electron chi connectivity index (χ0n) is 14.0. The van der Waals surface area contributed by atoms with Gasteiger partial charge in [0.15, 0.2) is 0 Å². The Bertz CT molecular complexity index is 682. The first-order valence-corrected chi connectivity index (χ1v) is 8.49. The lowest BCUT2D eigenvalue weighted by atomic mass is 10.1. The number of carbonyl (C=O) groups is 1. The van der Waals surface area contributed by atoms with Gasteiger partial charge < -0.3 is 19.3 Å². The largest absolute Gasteiger partial charge is 0.491 e. The maximum absolute atomic E-state index is 13.1. The first kappa shape index (κ1) is 16.6. The fourth-order valence-electron chi connectivity index (χ4n) is 3.17. The van der Waals surface area contributed by atoms with E-state index in [9.17, 15) is 9.90 Å². The van der Waals surface area contributed by atoms with E-state index < -0.39 is 0 Å². The van der Waals surface area contributed by atoms with Crippen molar-refractivity contribution >= 4 is 5.91 Å². The molecule has 0 fully saturated rings. The second-order valence-corrected chi connectivity index (χ2v) is 6.14. The molecule has 1 aromatic heterocycles. The Morgan fingerprint density at radius 1 is 1.33 bits per heavy atom. The van der Waals surface area contributed by atoms with E-state index in [2.05, 4.69) is 6.92 Å². The van der Waals surface area contributed by atoms with E-state index in [1.54, 1.807) is 0 Å². The topological polar surface area (TPSA) is 54.7 Å². The molecule has 0 spiro atoms. The number of hydrogen-bond acceptors (Lipinski definition) is 3. The third kappa shape index (κ3) is 3.46. The van der Waals surface area contributed by atoms with Gasteiger partial charge in [0.05, 0.1) is 13.2 Å². The molecule has 0 saturated carbocycles. The second kappa shape index (κ2) is 7.53. The molecular weight excluding hydrogens is 304 g/mol. The number of aliphatic hydroxyl groups is 1. The van der Waals surface area contributed by atoms with Gasteiger partial charge >= 0.3 is 0 Å². The van der Waals surface area contributed by atoms with Crippen LogP contribution in [0.2, 0.25) is 0 Å². The van der Waals surface area contributed by atoms with Crippen LogP contribution in [-0.2, 0) is 17.9 Å². The normalized spacial score (nSPS) is 15.3. The number of amides is 1. The van der Waals surface area contributed by atoms with Crippen molar-refractivity contribution in [3.63, 3.8) is 0 Å². The van der Waals surface area contributed by atoms with E-state index in [0.717, 1.165) is 29.7 Å². The van der Waals surface area contributed by atoms with Crippen LogP contribution in [0.15, 0.2) is 42.7 Å². The molecule has 2 aromatic rings. The zero-order chi connectivity index (χ0) is 16.9. The molecule has 1 amide bonds. The number of fused-ring (bicyclic) bond motifs is 1. The zero-order valence-corrected chi connectivity index (χ0v) is 14.0. The molecule has 1 aliphatic rings. The maximum Gasteiger partial charge on any atom is 0.246 e. The van der Waals surface area contributed by atoms with Gasteiger partial charge in [-0.3, -0.25) is 4.79 Å². The second-order valence-electron chi connectivity index (χ2n) is 6.14. The Balaban J connectivity index is 1.83. The highest BCUT2D eigenvalue weighted by Crippen LogP contribution is 2.27. The Labute approximate surface area is 142 Å². The third-order valence-corrected chi connectivity index (χ3v) is 4.43. The monoisotopic (exact) mass is 328 g/mol. The number of hydrogen-bond donors (Lipinski definition) is 1. The van der Waals surface area contributed by atoms with E-state index in [4.69, 9.17) is 4.74 Å². The molecule has 1 aromatic carbocycles. The number of benzene rings is 1. The highest BCUT2D eigenvalue weighted by Gasteiger charge is 2.27. The molecular formula is C19H24N2O3. The number of aliphatic hydroxyl groups excluding tert-OH is 1. The van der Waals surface area contributed by atoms with Crippen molar-refractivity contribution in [1.82, 2.24) is 9.47 Å². The fourth-order valence-corrected chi connectivity index (χ4v) is 3.17. The average Bonchev–Trinajstić information content (AvgIpc) is 3.04. The quantitative estimate of drug-likeness (QED) is 0.918. The lowest BCUT2D eigenvalue weighted by molar-refractivity contribution is -0.135. The van der Waals surface area contributed by atoms with E-state index in [1.807, 2.05) is 52.2 Å². The van der Waals surface area contributed by atoms with Crippen molar-refractivity contribution in [3.8, 4) is 5.75 Å². The number of aromatic nitrogens is 1. The highest BCUT2D eigenvalue weighted by atomic mass is 16.5. The van der Waals surface area contributed by atoms with Crippen LogP contribution in [0, 0.1) is 0 Å². The van der Waals surface area contributed by atoms with Crippen molar-refractivity contribution in [2.45, 2.75) is 39.0 Å². The lowest BCUT2D eigenvalue weighted by Gasteiger charge is -2.26. The van der Waals surface area contributed by atoms with Gasteiger partial charge in [0, 0.05) is 24.5 Å². The van der Waals surface area contributed by atoms with Gasteiger partial charge in [-0.15, -0.1) is 0 Å². The molecule has 0 saturated heterocycles. The predicted octanol–water partition coefficient (Wildman–Crippen LogP) is 2.74. The molecule has 2 heterocycles. The Morgan fingerprint density at radius 3 is 2.83 bits per heavy atom. The molecule has 128 valence electrons. The number of nitrogens with zero attached hydrogens (tertiary/aromatic N) is 2. The standard InChI is InChI=1S/C19H24N2O3/c1-2-5-17(20-8-3-4-9-20)19(23)21-10-11-24-18-7-6-15(14-22)12-16(18)13-21/h3-4,6-9,12,17,22H,2,5,10-11,13-14H2,1H3/t17-/m0/s1. The molecule has 1 N–H and O–H groups in total.